The molecule has 2 N–H and O–H groups in total. The van der Waals surface area contributed by atoms with E-state index in [9.17, 15) is 9.90 Å². The van der Waals surface area contributed by atoms with Crippen LogP contribution in [0.1, 0.15) is 35.7 Å². The molecule has 1 aliphatic rings. The molecule has 0 bridgehead atoms. The van der Waals surface area contributed by atoms with Crippen LogP contribution < -0.4 is 14.8 Å². The number of esters is 1. The second kappa shape index (κ2) is 16.2. The Balaban J connectivity index is 1.27. The number of piperidine rings is 1. The molecule has 1 unspecified atom stereocenters. The van der Waals surface area contributed by atoms with E-state index in [0.29, 0.717) is 49.5 Å². The van der Waals surface area contributed by atoms with Gasteiger partial charge in [0.05, 0.1) is 25.4 Å². The van der Waals surface area contributed by atoms with Crippen LogP contribution in [-0.4, -0.2) is 88.1 Å². The number of carbonyl (C=O) groups is 1. The monoisotopic (exact) mass is 516 g/mol. The molecule has 204 valence electrons. The van der Waals surface area contributed by atoms with Gasteiger partial charge in [0.15, 0.2) is 6.79 Å². The van der Waals surface area contributed by atoms with Gasteiger partial charge in [0.2, 0.25) is 0 Å². The summed E-state index contributed by atoms with van der Waals surface area (Å²) in [5, 5.41) is 13.8. The minimum atomic E-state index is -0.596. The van der Waals surface area contributed by atoms with Gasteiger partial charge in [0, 0.05) is 26.2 Å². The van der Waals surface area contributed by atoms with Crippen LogP contribution in [-0.2, 0) is 20.8 Å². The third kappa shape index (κ3) is 10.7. The highest BCUT2D eigenvalue weighted by Crippen LogP contribution is 2.18. The van der Waals surface area contributed by atoms with Crippen molar-refractivity contribution >= 4 is 5.97 Å². The number of benzene rings is 2. The van der Waals surface area contributed by atoms with E-state index in [-0.39, 0.29) is 19.4 Å². The zero-order valence-corrected chi connectivity index (χ0v) is 21.9. The summed E-state index contributed by atoms with van der Waals surface area (Å²) in [6.45, 7) is 6.89. The van der Waals surface area contributed by atoms with E-state index in [2.05, 4.69) is 10.2 Å². The summed E-state index contributed by atoms with van der Waals surface area (Å²) in [6, 6.07) is 15.3. The smallest absolute Gasteiger partial charge is 0.338 e. The first-order valence-corrected chi connectivity index (χ1v) is 12.9. The number of hydrogen-bond acceptors (Lipinski definition) is 9. The molecule has 1 aliphatic heterocycles. The lowest BCUT2D eigenvalue weighted by Crippen LogP contribution is -2.45. The molecule has 0 aromatic heterocycles. The number of aliphatic hydroxyl groups excluding tert-OH is 1. The van der Waals surface area contributed by atoms with E-state index >= 15 is 0 Å². The van der Waals surface area contributed by atoms with Crippen LogP contribution in [0, 0.1) is 0 Å². The average molecular weight is 517 g/mol. The first-order chi connectivity index (χ1) is 18.1. The maximum atomic E-state index is 11.8. The van der Waals surface area contributed by atoms with E-state index in [1.165, 1.54) is 5.56 Å². The summed E-state index contributed by atoms with van der Waals surface area (Å²) in [7, 11) is 1.62. The van der Waals surface area contributed by atoms with Gasteiger partial charge in [-0.15, -0.1) is 0 Å². The summed E-state index contributed by atoms with van der Waals surface area (Å²) in [6.07, 6.45) is 1.44. The molecule has 1 saturated heterocycles. The number of hydrogen-bond donors (Lipinski definition) is 2. The third-order valence-corrected chi connectivity index (χ3v) is 6.11. The van der Waals surface area contributed by atoms with Gasteiger partial charge in [-0.2, -0.15) is 0 Å². The predicted molar refractivity (Wildman–Crippen MR) is 140 cm³/mol. The van der Waals surface area contributed by atoms with Gasteiger partial charge in [-0.1, -0.05) is 12.1 Å². The lowest BCUT2D eigenvalue weighted by molar-refractivity contribution is -0.00850. The number of aliphatic hydroxyl groups is 1. The van der Waals surface area contributed by atoms with Crippen LogP contribution in [0.25, 0.3) is 0 Å². The zero-order chi connectivity index (χ0) is 26.3. The molecular weight excluding hydrogens is 476 g/mol. The predicted octanol–water partition coefficient (Wildman–Crippen LogP) is 2.86. The quantitative estimate of drug-likeness (QED) is 0.198. The molecule has 1 fully saturated rings. The highest BCUT2D eigenvalue weighted by atomic mass is 16.7. The van der Waals surface area contributed by atoms with E-state index in [0.717, 1.165) is 32.5 Å². The van der Waals surface area contributed by atoms with Gasteiger partial charge < -0.3 is 34.1 Å². The standard InChI is InChI=1S/C28H40N2O7/c1-3-35-28(32)23-6-4-22(5-7-23)19-30-14-12-24(13-15-30)29-18-25(31)20-36-26-8-10-27(11-9-26)37-21-34-17-16-33-2/h4-11,24-25,29,31H,3,12-21H2,1-2H3. The van der Waals surface area contributed by atoms with Crippen molar-refractivity contribution in [1.29, 1.82) is 0 Å². The molecule has 37 heavy (non-hydrogen) atoms. The van der Waals surface area contributed by atoms with Gasteiger partial charge in [0.1, 0.15) is 24.2 Å². The summed E-state index contributed by atoms with van der Waals surface area (Å²) in [5.74, 6) is 1.08. The number of likely N-dealkylation sites (tertiary alicyclic amines) is 1. The maximum absolute atomic E-state index is 11.8. The first-order valence-electron chi connectivity index (χ1n) is 12.9. The van der Waals surface area contributed by atoms with E-state index in [1.54, 1.807) is 14.0 Å². The molecule has 0 saturated carbocycles. The Hall–Kier alpha value is -2.69. The number of carbonyl (C=O) groups excluding carboxylic acids is 1. The summed E-state index contributed by atoms with van der Waals surface area (Å²) in [4.78, 5) is 14.2. The normalized spacial score (nSPS) is 15.3. The molecule has 0 aliphatic carbocycles. The highest BCUT2D eigenvalue weighted by Gasteiger charge is 2.20. The fourth-order valence-electron chi connectivity index (χ4n) is 4.01. The highest BCUT2D eigenvalue weighted by molar-refractivity contribution is 5.89. The summed E-state index contributed by atoms with van der Waals surface area (Å²) < 4.78 is 26.4. The van der Waals surface area contributed by atoms with Crippen LogP contribution in [0.4, 0.5) is 0 Å². The van der Waals surface area contributed by atoms with Gasteiger partial charge in [-0.25, -0.2) is 4.79 Å². The fourth-order valence-corrected chi connectivity index (χ4v) is 4.01. The van der Waals surface area contributed by atoms with Crippen LogP contribution in [0.3, 0.4) is 0 Å². The zero-order valence-electron chi connectivity index (χ0n) is 21.9. The Bertz CT molecular complexity index is 900. The van der Waals surface area contributed by atoms with Crippen molar-refractivity contribution in [3.05, 3.63) is 59.7 Å². The Kier molecular flexibility index (Phi) is 12.7. The van der Waals surface area contributed by atoms with Crippen LogP contribution in [0.5, 0.6) is 11.5 Å². The number of ether oxygens (including phenoxy) is 5. The largest absolute Gasteiger partial charge is 0.491 e. The molecule has 2 aromatic rings. The maximum Gasteiger partial charge on any atom is 0.338 e. The SMILES string of the molecule is CCOC(=O)c1ccc(CN2CCC(NCC(O)COc3ccc(OCOCCOC)cc3)CC2)cc1. The summed E-state index contributed by atoms with van der Waals surface area (Å²) >= 11 is 0. The Morgan fingerprint density at radius 1 is 1.03 bits per heavy atom. The lowest BCUT2D eigenvalue weighted by Gasteiger charge is -2.33. The molecule has 0 radical (unpaired) electrons. The fraction of sp³-hybridized carbons (Fsp3) is 0.536. The Morgan fingerprint density at radius 2 is 1.70 bits per heavy atom. The van der Waals surface area contributed by atoms with Gasteiger partial charge in [-0.3, -0.25) is 4.90 Å². The Morgan fingerprint density at radius 3 is 2.35 bits per heavy atom. The Labute approximate surface area is 219 Å². The minimum absolute atomic E-state index is 0.164. The molecule has 2 aromatic carbocycles. The molecule has 3 rings (SSSR count). The van der Waals surface area contributed by atoms with Crippen LogP contribution in [0.2, 0.25) is 0 Å². The molecule has 1 heterocycles. The van der Waals surface area contributed by atoms with Crippen molar-refractivity contribution in [2.75, 3.05) is 60.0 Å². The van der Waals surface area contributed by atoms with Crippen molar-refractivity contribution in [1.82, 2.24) is 10.2 Å². The van der Waals surface area contributed by atoms with Gasteiger partial charge >= 0.3 is 5.97 Å². The van der Waals surface area contributed by atoms with Crippen LogP contribution in [0.15, 0.2) is 48.5 Å². The van der Waals surface area contributed by atoms with Crippen molar-refractivity contribution in [3.8, 4) is 11.5 Å². The van der Waals surface area contributed by atoms with Gasteiger partial charge in [-0.05, 0) is 74.8 Å². The average Bonchev–Trinajstić information content (AvgIpc) is 2.92. The molecule has 9 heteroatoms. The van der Waals surface area contributed by atoms with E-state index in [1.807, 2.05) is 48.5 Å². The van der Waals surface area contributed by atoms with Crippen molar-refractivity contribution < 1.29 is 33.6 Å². The second-order valence-corrected chi connectivity index (χ2v) is 8.98. The molecule has 1 atom stereocenters. The van der Waals surface area contributed by atoms with Crippen molar-refractivity contribution in [3.63, 3.8) is 0 Å². The number of nitrogens with one attached hydrogen (secondary N) is 1. The number of nitrogens with zero attached hydrogens (tertiary/aromatic N) is 1. The van der Waals surface area contributed by atoms with E-state index < -0.39 is 6.10 Å². The van der Waals surface area contributed by atoms with Gasteiger partial charge in [0.25, 0.3) is 0 Å². The van der Waals surface area contributed by atoms with Crippen molar-refractivity contribution in [2.45, 2.75) is 38.5 Å². The summed E-state index contributed by atoms with van der Waals surface area (Å²) in [5.41, 5.74) is 1.77. The number of rotatable bonds is 16. The van der Waals surface area contributed by atoms with Crippen LogP contribution >= 0.6 is 0 Å². The minimum Gasteiger partial charge on any atom is -0.491 e. The third-order valence-electron chi connectivity index (χ3n) is 6.11. The molecule has 9 nitrogen and oxygen atoms in total. The molecule has 0 amide bonds. The molecule has 0 spiro atoms. The molecular formula is C28H40N2O7. The topological polar surface area (TPSA) is 98.7 Å². The second-order valence-electron chi connectivity index (χ2n) is 8.98. The van der Waals surface area contributed by atoms with E-state index in [4.69, 9.17) is 23.7 Å². The van der Waals surface area contributed by atoms with Crippen molar-refractivity contribution in [2.24, 2.45) is 0 Å². The lowest BCUT2D eigenvalue weighted by atomic mass is 10.0. The number of methoxy groups -OCH3 is 1. The first kappa shape index (κ1) is 28.9.